The van der Waals surface area contributed by atoms with E-state index in [0.29, 0.717) is 12.5 Å². The Kier molecular flexibility index (Phi) is 3.47. The van der Waals surface area contributed by atoms with E-state index < -0.39 is 0 Å². The van der Waals surface area contributed by atoms with Crippen molar-refractivity contribution in [3.05, 3.63) is 4.88 Å². The van der Waals surface area contributed by atoms with Crippen LogP contribution in [0.15, 0.2) is 0 Å². The van der Waals surface area contributed by atoms with Gasteiger partial charge in [-0.2, -0.15) is 4.98 Å². The SMILES string of the molecule is COc1nc(N(C)C)sc1CON. The molecule has 74 valence electrons. The first-order chi connectivity index (χ1) is 6.19. The van der Waals surface area contributed by atoms with Crippen molar-refractivity contribution in [2.24, 2.45) is 5.90 Å². The summed E-state index contributed by atoms with van der Waals surface area (Å²) in [5, 5.41) is 0.879. The minimum Gasteiger partial charge on any atom is -0.480 e. The summed E-state index contributed by atoms with van der Waals surface area (Å²) < 4.78 is 5.07. The van der Waals surface area contributed by atoms with Crippen molar-refractivity contribution < 1.29 is 9.57 Å². The van der Waals surface area contributed by atoms with Crippen molar-refractivity contribution >= 4 is 16.5 Å². The largest absolute Gasteiger partial charge is 0.480 e. The van der Waals surface area contributed by atoms with Crippen LogP contribution in [0.3, 0.4) is 0 Å². The highest BCUT2D eigenvalue weighted by Crippen LogP contribution is 2.30. The molecule has 0 saturated heterocycles. The summed E-state index contributed by atoms with van der Waals surface area (Å²) in [6.45, 7) is 0.328. The smallest absolute Gasteiger partial charge is 0.231 e. The molecule has 0 aromatic carbocycles. The second-order valence-corrected chi connectivity index (χ2v) is 3.70. The van der Waals surface area contributed by atoms with Gasteiger partial charge in [-0.3, -0.25) is 4.84 Å². The summed E-state index contributed by atoms with van der Waals surface area (Å²) in [6, 6.07) is 0. The molecule has 13 heavy (non-hydrogen) atoms. The normalized spacial score (nSPS) is 10.2. The van der Waals surface area contributed by atoms with Crippen molar-refractivity contribution in [1.82, 2.24) is 4.98 Å². The van der Waals surface area contributed by atoms with Gasteiger partial charge in [0.2, 0.25) is 5.88 Å². The van der Waals surface area contributed by atoms with Gasteiger partial charge in [0.25, 0.3) is 0 Å². The second kappa shape index (κ2) is 4.40. The topological polar surface area (TPSA) is 60.6 Å². The molecule has 1 aromatic heterocycles. The average molecular weight is 203 g/mol. The van der Waals surface area contributed by atoms with Gasteiger partial charge in [-0.05, 0) is 0 Å². The third-order valence-corrected chi connectivity index (χ3v) is 2.62. The molecule has 1 rings (SSSR count). The Morgan fingerprint density at radius 1 is 1.54 bits per heavy atom. The average Bonchev–Trinajstić information content (AvgIpc) is 2.48. The maximum Gasteiger partial charge on any atom is 0.231 e. The van der Waals surface area contributed by atoms with Crippen LogP contribution in [0.4, 0.5) is 5.13 Å². The predicted octanol–water partition coefficient (Wildman–Crippen LogP) is 0.608. The molecule has 0 aliphatic heterocycles. The molecule has 0 saturated carbocycles. The molecular weight excluding hydrogens is 190 g/mol. The highest BCUT2D eigenvalue weighted by molar-refractivity contribution is 7.15. The molecule has 0 bridgehead atoms. The maximum atomic E-state index is 5.07. The maximum absolute atomic E-state index is 5.07. The van der Waals surface area contributed by atoms with Crippen LogP contribution in [0.2, 0.25) is 0 Å². The molecular formula is C7H13N3O2S. The van der Waals surface area contributed by atoms with E-state index in [-0.39, 0.29) is 0 Å². The van der Waals surface area contributed by atoms with Crippen LogP contribution >= 0.6 is 11.3 Å². The lowest BCUT2D eigenvalue weighted by Gasteiger charge is -2.04. The van der Waals surface area contributed by atoms with E-state index in [1.807, 2.05) is 19.0 Å². The van der Waals surface area contributed by atoms with Crippen LogP contribution in [-0.2, 0) is 11.4 Å². The van der Waals surface area contributed by atoms with Gasteiger partial charge in [-0.15, -0.1) is 0 Å². The number of anilines is 1. The summed E-state index contributed by atoms with van der Waals surface area (Å²) in [5.41, 5.74) is 0. The quantitative estimate of drug-likeness (QED) is 0.726. The standard InChI is InChI=1S/C7H13N3O2S/c1-10(2)7-9-6(11-3)5(13-7)4-12-8/h4,8H2,1-3H3. The fourth-order valence-corrected chi connectivity index (χ4v) is 1.72. The number of hydrogen-bond donors (Lipinski definition) is 1. The van der Waals surface area contributed by atoms with Crippen LogP contribution in [-0.4, -0.2) is 26.2 Å². The Morgan fingerprint density at radius 2 is 2.23 bits per heavy atom. The van der Waals surface area contributed by atoms with Crippen molar-refractivity contribution in [2.45, 2.75) is 6.61 Å². The second-order valence-electron chi connectivity index (χ2n) is 2.63. The number of thiazole rings is 1. The molecule has 0 aliphatic carbocycles. The van der Waals surface area contributed by atoms with Crippen LogP contribution in [0.25, 0.3) is 0 Å². The van der Waals surface area contributed by atoms with Gasteiger partial charge in [0.15, 0.2) is 5.13 Å². The first-order valence-corrected chi connectivity index (χ1v) is 4.53. The number of ether oxygens (including phenoxy) is 1. The summed E-state index contributed by atoms with van der Waals surface area (Å²) in [6.07, 6.45) is 0. The predicted molar refractivity (Wildman–Crippen MR) is 52.0 cm³/mol. The van der Waals surface area contributed by atoms with E-state index in [1.165, 1.54) is 11.3 Å². The Bertz CT molecular complexity index is 275. The van der Waals surface area contributed by atoms with E-state index in [4.69, 9.17) is 10.6 Å². The lowest BCUT2D eigenvalue weighted by Crippen LogP contribution is -2.07. The van der Waals surface area contributed by atoms with Crippen molar-refractivity contribution in [3.8, 4) is 5.88 Å². The first-order valence-electron chi connectivity index (χ1n) is 3.71. The zero-order valence-corrected chi connectivity index (χ0v) is 8.72. The van der Waals surface area contributed by atoms with E-state index in [9.17, 15) is 0 Å². The van der Waals surface area contributed by atoms with E-state index in [0.717, 1.165) is 10.0 Å². The fourth-order valence-electron chi connectivity index (χ4n) is 0.844. The molecule has 0 atom stereocenters. The van der Waals surface area contributed by atoms with Crippen molar-refractivity contribution in [3.63, 3.8) is 0 Å². The van der Waals surface area contributed by atoms with Crippen LogP contribution < -0.4 is 15.5 Å². The van der Waals surface area contributed by atoms with Crippen LogP contribution in [0.5, 0.6) is 5.88 Å². The summed E-state index contributed by atoms with van der Waals surface area (Å²) in [5.74, 6) is 5.56. The third-order valence-electron chi connectivity index (χ3n) is 1.44. The van der Waals surface area contributed by atoms with Crippen molar-refractivity contribution in [2.75, 3.05) is 26.1 Å². The lowest BCUT2D eigenvalue weighted by atomic mass is 10.5. The molecule has 5 nitrogen and oxygen atoms in total. The van der Waals surface area contributed by atoms with E-state index in [2.05, 4.69) is 9.82 Å². The monoisotopic (exact) mass is 203 g/mol. The number of hydrogen-bond acceptors (Lipinski definition) is 6. The Balaban J connectivity index is 2.90. The molecule has 0 unspecified atom stereocenters. The summed E-state index contributed by atoms with van der Waals surface area (Å²) in [4.78, 5) is 11.6. The van der Waals surface area contributed by atoms with Crippen molar-refractivity contribution in [1.29, 1.82) is 0 Å². The molecule has 0 fully saturated rings. The molecule has 0 spiro atoms. The number of aromatic nitrogens is 1. The van der Waals surface area contributed by atoms with Gasteiger partial charge < -0.3 is 9.64 Å². The Hall–Kier alpha value is -0.850. The fraction of sp³-hybridized carbons (Fsp3) is 0.571. The Labute approximate surface area is 81.0 Å². The molecule has 0 amide bonds. The molecule has 1 heterocycles. The number of methoxy groups -OCH3 is 1. The highest BCUT2D eigenvalue weighted by atomic mass is 32.1. The van der Waals surface area contributed by atoms with Crippen LogP contribution in [0, 0.1) is 0 Å². The van der Waals surface area contributed by atoms with E-state index in [1.54, 1.807) is 7.11 Å². The van der Waals surface area contributed by atoms with Gasteiger partial charge in [-0.1, -0.05) is 11.3 Å². The van der Waals surface area contributed by atoms with Gasteiger partial charge in [0.1, 0.15) is 6.61 Å². The molecule has 2 N–H and O–H groups in total. The number of rotatable bonds is 4. The minimum absolute atomic E-state index is 0.328. The molecule has 6 heteroatoms. The first kappa shape index (κ1) is 10.2. The lowest BCUT2D eigenvalue weighted by molar-refractivity contribution is 0.124. The zero-order valence-electron chi connectivity index (χ0n) is 7.90. The number of nitrogens with zero attached hydrogens (tertiary/aromatic N) is 2. The van der Waals surface area contributed by atoms with Gasteiger partial charge in [-0.25, -0.2) is 5.90 Å². The minimum atomic E-state index is 0.328. The van der Waals surface area contributed by atoms with Crippen LogP contribution in [0.1, 0.15) is 4.88 Å². The summed E-state index contributed by atoms with van der Waals surface area (Å²) >= 11 is 1.50. The molecule has 0 aliphatic rings. The van der Waals surface area contributed by atoms with Gasteiger partial charge in [0, 0.05) is 14.1 Å². The number of nitrogens with two attached hydrogens (primary N) is 1. The van der Waals surface area contributed by atoms with Gasteiger partial charge in [0.05, 0.1) is 12.0 Å². The Morgan fingerprint density at radius 3 is 2.69 bits per heavy atom. The van der Waals surface area contributed by atoms with E-state index >= 15 is 0 Å². The summed E-state index contributed by atoms with van der Waals surface area (Å²) in [7, 11) is 5.42. The third kappa shape index (κ3) is 2.30. The van der Waals surface area contributed by atoms with Gasteiger partial charge >= 0.3 is 0 Å². The molecule has 1 aromatic rings. The molecule has 0 radical (unpaired) electrons. The zero-order chi connectivity index (χ0) is 9.84. The highest BCUT2D eigenvalue weighted by Gasteiger charge is 2.12.